The molecule has 0 bridgehead atoms. The summed E-state index contributed by atoms with van der Waals surface area (Å²) in [6, 6.07) is 15.1. The third-order valence-electron chi connectivity index (χ3n) is 6.98. The minimum absolute atomic E-state index is 0.138. The van der Waals surface area contributed by atoms with E-state index in [4.69, 9.17) is 0 Å². The van der Waals surface area contributed by atoms with Crippen LogP contribution in [0.25, 0.3) is 0 Å². The summed E-state index contributed by atoms with van der Waals surface area (Å²) >= 11 is 0. The number of amides is 1. The standard InChI is InChI=1S/C27H27N3O5S/c31-27(28-26-23-10-4-8-19(23)17-20-9-5-11-24(20)26)25(16-18-6-2-1-3-7-18)29-36(34,35)22-14-12-21(13-15-22)30(32)33/h1-3,6-7,12-15,17,25,29H,4-5,8-11,16H2,(H,28,31). The summed E-state index contributed by atoms with van der Waals surface area (Å²) < 4.78 is 28.9. The van der Waals surface area contributed by atoms with Crippen molar-refractivity contribution in [1.29, 1.82) is 0 Å². The van der Waals surface area contributed by atoms with E-state index >= 15 is 0 Å². The smallest absolute Gasteiger partial charge is 0.269 e. The summed E-state index contributed by atoms with van der Waals surface area (Å²) in [6.07, 6.45) is 6.03. The van der Waals surface area contributed by atoms with Gasteiger partial charge in [0.1, 0.15) is 6.04 Å². The van der Waals surface area contributed by atoms with Crippen molar-refractivity contribution in [3.8, 4) is 0 Å². The van der Waals surface area contributed by atoms with Gasteiger partial charge in [0.15, 0.2) is 0 Å². The van der Waals surface area contributed by atoms with Crippen molar-refractivity contribution in [2.45, 2.75) is 55.9 Å². The number of nitro benzene ring substituents is 1. The minimum atomic E-state index is -4.12. The van der Waals surface area contributed by atoms with Crippen LogP contribution in [-0.2, 0) is 46.9 Å². The molecule has 36 heavy (non-hydrogen) atoms. The normalized spacial score (nSPS) is 15.2. The number of fused-ring (bicyclic) bond motifs is 2. The van der Waals surface area contributed by atoms with Gasteiger partial charge in [0.25, 0.3) is 5.69 Å². The first-order chi connectivity index (χ1) is 17.3. The number of benzene rings is 3. The molecule has 0 heterocycles. The summed E-state index contributed by atoms with van der Waals surface area (Å²) in [5.41, 5.74) is 6.34. The van der Waals surface area contributed by atoms with Gasteiger partial charge in [-0.25, -0.2) is 8.42 Å². The van der Waals surface area contributed by atoms with Crippen molar-refractivity contribution in [1.82, 2.24) is 4.72 Å². The molecule has 2 aliphatic rings. The maximum atomic E-state index is 13.6. The number of nitro groups is 1. The molecule has 5 rings (SSSR count). The summed E-state index contributed by atoms with van der Waals surface area (Å²) in [5, 5.41) is 14.1. The number of non-ortho nitro benzene ring substituents is 1. The summed E-state index contributed by atoms with van der Waals surface area (Å²) in [6.45, 7) is 0. The Balaban J connectivity index is 1.45. The fourth-order valence-electron chi connectivity index (χ4n) is 5.22. The Morgan fingerprint density at radius 2 is 1.53 bits per heavy atom. The molecule has 1 unspecified atom stereocenters. The van der Waals surface area contributed by atoms with Crippen LogP contribution in [-0.4, -0.2) is 25.3 Å². The molecule has 3 aromatic carbocycles. The number of sulfonamides is 1. The molecule has 0 aromatic heterocycles. The van der Waals surface area contributed by atoms with Crippen LogP contribution in [0.1, 0.15) is 40.7 Å². The van der Waals surface area contributed by atoms with E-state index in [1.54, 1.807) is 0 Å². The van der Waals surface area contributed by atoms with Crippen molar-refractivity contribution in [2.24, 2.45) is 0 Å². The molecule has 0 radical (unpaired) electrons. The van der Waals surface area contributed by atoms with E-state index in [9.17, 15) is 23.3 Å². The average Bonchev–Trinajstić information content (AvgIpc) is 3.53. The highest BCUT2D eigenvalue weighted by Gasteiger charge is 2.30. The van der Waals surface area contributed by atoms with Gasteiger partial charge in [-0.05, 0) is 84.9 Å². The topological polar surface area (TPSA) is 118 Å². The lowest BCUT2D eigenvalue weighted by Crippen LogP contribution is -2.45. The number of anilines is 1. The van der Waals surface area contributed by atoms with Gasteiger partial charge < -0.3 is 5.32 Å². The maximum Gasteiger partial charge on any atom is 0.269 e. The van der Waals surface area contributed by atoms with Crippen molar-refractivity contribution < 1.29 is 18.1 Å². The zero-order valence-corrected chi connectivity index (χ0v) is 20.5. The SMILES string of the molecule is O=C(Nc1c2c(cc3c1CCC3)CCC2)C(Cc1ccccc1)NS(=O)(=O)c1ccc([N+](=O)[O-])cc1. The quantitative estimate of drug-likeness (QED) is 0.353. The molecule has 186 valence electrons. The average molecular weight is 506 g/mol. The van der Waals surface area contributed by atoms with Gasteiger partial charge in [0.05, 0.1) is 9.82 Å². The van der Waals surface area contributed by atoms with Crippen LogP contribution in [0.4, 0.5) is 11.4 Å². The lowest BCUT2D eigenvalue weighted by Gasteiger charge is -2.22. The van der Waals surface area contributed by atoms with Crippen LogP contribution in [0.15, 0.2) is 65.6 Å². The van der Waals surface area contributed by atoms with Crippen LogP contribution in [0.3, 0.4) is 0 Å². The van der Waals surface area contributed by atoms with Crippen molar-refractivity contribution in [3.05, 3.63) is 98.6 Å². The van der Waals surface area contributed by atoms with Crippen LogP contribution in [0, 0.1) is 10.1 Å². The molecule has 8 nitrogen and oxygen atoms in total. The van der Waals surface area contributed by atoms with E-state index in [1.807, 2.05) is 30.3 Å². The van der Waals surface area contributed by atoms with Gasteiger partial charge >= 0.3 is 0 Å². The van der Waals surface area contributed by atoms with Gasteiger partial charge in [-0.3, -0.25) is 14.9 Å². The molecule has 0 aliphatic heterocycles. The van der Waals surface area contributed by atoms with E-state index in [0.29, 0.717) is 0 Å². The molecule has 3 aromatic rings. The maximum absolute atomic E-state index is 13.6. The highest BCUT2D eigenvalue weighted by atomic mass is 32.2. The van der Waals surface area contributed by atoms with Gasteiger partial charge in [0, 0.05) is 17.8 Å². The Bertz CT molecular complexity index is 1390. The Labute approximate surface area is 209 Å². The largest absolute Gasteiger partial charge is 0.324 e. The second-order valence-corrected chi connectivity index (χ2v) is 11.1. The third kappa shape index (κ3) is 4.89. The van der Waals surface area contributed by atoms with Gasteiger partial charge in [0.2, 0.25) is 15.9 Å². The van der Waals surface area contributed by atoms with E-state index in [2.05, 4.69) is 16.1 Å². The highest BCUT2D eigenvalue weighted by Crippen LogP contribution is 2.38. The van der Waals surface area contributed by atoms with Gasteiger partial charge in [-0.15, -0.1) is 0 Å². The summed E-state index contributed by atoms with van der Waals surface area (Å²) in [5.74, 6) is -0.418. The summed E-state index contributed by atoms with van der Waals surface area (Å²) in [4.78, 5) is 23.9. The number of carbonyl (C=O) groups is 1. The first-order valence-electron chi connectivity index (χ1n) is 12.1. The zero-order valence-electron chi connectivity index (χ0n) is 19.7. The van der Waals surface area contributed by atoms with Crippen molar-refractivity contribution >= 4 is 27.3 Å². The lowest BCUT2D eigenvalue weighted by atomic mass is 9.98. The van der Waals surface area contributed by atoms with Crippen molar-refractivity contribution in [3.63, 3.8) is 0 Å². The number of rotatable bonds is 8. The second kappa shape index (κ2) is 9.83. The van der Waals surface area contributed by atoms with Gasteiger partial charge in [-0.2, -0.15) is 4.72 Å². The lowest BCUT2D eigenvalue weighted by molar-refractivity contribution is -0.384. The second-order valence-electron chi connectivity index (χ2n) is 9.34. The molecule has 0 saturated carbocycles. The molecule has 0 fully saturated rings. The van der Waals surface area contributed by atoms with E-state index in [0.717, 1.165) is 61.9 Å². The minimum Gasteiger partial charge on any atom is -0.324 e. The Hall–Kier alpha value is -3.56. The number of carbonyl (C=O) groups excluding carboxylic acids is 1. The molecular formula is C27H27N3O5S. The van der Waals surface area contributed by atoms with E-state index in [1.165, 1.54) is 34.4 Å². The predicted molar refractivity (Wildman–Crippen MR) is 136 cm³/mol. The Morgan fingerprint density at radius 1 is 0.917 bits per heavy atom. The van der Waals surface area contributed by atoms with Crippen molar-refractivity contribution in [2.75, 3.05) is 5.32 Å². The first kappa shape index (κ1) is 24.1. The van der Waals surface area contributed by atoms with E-state index in [-0.39, 0.29) is 17.0 Å². The monoisotopic (exact) mass is 505 g/mol. The molecule has 2 aliphatic carbocycles. The molecule has 0 saturated heterocycles. The molecule has 1 amide bonds. The number of nitrogens with one attached hydrogen (secondary N) is 2. The van der Waals surface area contributed by atoms with E-state index < -0.39 is 26.9 Å². The van der Waals surface area contributed by atoms with Crippen LogP contribution >= 0.6 is 0 Å². The molecule has 0 spiro atoms. The number of hydrogen-bond donors (Lipinski definition) is 2. The Kier molecular flexibility index (Phi) is 6.59. The zero-order chi connectivity index (χ0) is 25.3. The van der Waals surface area contributed by atoms with Crippen LogP contribution in [0.5, 0.6) is 0 Å². The molecule has 9 heteroatoms. The highest BCUT2D eigenvalue weighted by molar-refractivity contribution is 7.89. The summed E-state index contributed by atoms with van der Waals surface area (Å²) in [7, 11) is -4.12. The first-order valence-corrected chi connectivity index (χ1v) is 13.6. The number of nitrogens with zero attached hydrogens (tertiary/aromatic N) is 1. The van der Waals surface area contributed by atoms with Crippen LogP contribution in [0.2, 0.25) is 0 Å². The van der Waals surface area contributed by atoms with Gasteiger partial charge in [-0.1, -0.05) is 36.4 Å². The fraction of sp³-hybridized carbons (Fsp3) is 0.296. The Morgan fingerprint density at radius 3 is 2.11 bits per heavy atom. The molecule has 2 N–H and O–H groups in total. The number of aryl methyl sites for hydroxylation is 2. The third-order valence-corrected chi connectivity index (χ3v) is 8.46. The molecular weight excluding hydrogens is 478 g/mol. The van der Waals surface area contributed by atoms with Crippen LogP contribution < -0.4 is 10.0 Å². The number of hydrogen-bond acceptors (Lipinski definition) is 5. The molecule has 1 atom stereocenters. The predicted octanol–water partition coefficient (Wildman–Crippen LogP) is 4.10. The fourth-order valence-corrected chi connectivity index (χ4v) is 6.41.